The van der Waals surface area contributed by atoms with Crippen LogP contribution < -0.4 is 19.9 Å². The zero-order valence-electron chi connectivity index (χ0n) is 43.3. The van der Waals surface area contributed by atoms with Gasteiger partial charge in [0, 0.05) is 88.6 Å². The highest BCUT2D eigenvalue weighted by Crippen LogP contribution is 2.40. The highest BCUT2D eigenvalue weighted by Gasteiger charge is 2.43. The van der Waals surface area contributed by atoms with Crippen LogP contribution in [0.1, 0.15) is 82.6 Å². The molecule has 1 amide bonds. The fourth-order valence-electron chi connectivity index (χ4n) is 10.6. The predicted octanol–water partition coefficient (Wildman–Crippen LogP) is 10.5. The number of amides is 1. The van der Waals surface area contributed by atoms with E-state index in [2.05, 4.69) is 84.7 Å². The summed E-state index contributed by atoms with van der Waals surface area (Å²) in [5.41, 5.74) is 14.7. The number of fused-ring (bicyclic) bond motifs is 3. The molecular weight excluding hydrogens is 951 g/mol. The number of methoxy groups -OCH3 is 3. The molecule has 0 spiro atoms. The third-order valence-electron chi connectivity index (χ3n) is 14.5. The van der Waals surface area contributed by atoms with Gasteiger partial charge in [-0.2, -0.15) is 0 Å². The van der Waals surface area contributed by atoms with Crippen LogP contribution in [0.25, 0.3) is 32.7 Å². The number of benzene rings is 6. The highest BCUT2D eigenvalue weighted by atomic mass is 16.5. The molecule has 76 heavy (non-hydrogen) atoms. The molecule has 0 unspecified atom stereocenters. The summed E-state index contributed by atoms with van der Waals surface area (Å²) in [5, 5.41) is 23.7. The Hall–Kier alpha value is -8.95. The Morgan fingerprint density at radius 1 is 0.539 bits per heavy atom. The number of hydrogen-bond acceptors (Lipinski definition) is 9. The molecule has 0 aliphatic heterocycles. The molecule has 0 aliphatic carbocycles. The quantitative estimate of drug-likeness (QED) is 0.0577. The molecule has 0 aliphatic rings. The molecule has 2 atom stereocenters. The minimum absolute atomic E-state index is 0.305. The molecule has 5 heterocycles. The SMILES string of the molecule is COc1ccc(Cn2c(Cc3c[nH]c4ccccc34)nnc2[C@@H](Cc2c[nH]c3ccccc23)N(C(=O)C(C)(C)N)[C@H](Cc2c[nH]c3ccccc23)c2nnc(Cc3ccccc3)n2Cc2ccc(OC)cc2OC)cc1. The van der Waals surface area contributed by atoms with Crippen LogP contribution in [0.4, 0.5) is 0 Å². The Balaban J connectivity index is 1.17. The second-order valence-electron chi connectivity index (χ2n) is 19.9. The van der Waals surface area contributed by atoms with Gasteiger partial charge in [0.25, 0.3) is 0 Å². The number of carbonyl (C=O) groups excluding carboxylic acids is 1. The smallest absolute Gasteiger partial charge is 0.243 e. The average Bonchev–Trinajstić information content (AvgIpc) is 4.38. The fourth-order valence-corrected chi connectivity index (χ4v) is 10.6. The first-order valence-corrected chi connectivity index (χ1v) is 25.5. The number of nitrogens with zero attached hydrogens (tertiary/aromatic N) is 7. The molecular formula is C61H61N11O4. The van der Waals surface area contributed by atoms with Crippen molar-refractivity contribution in [2.75, 3.05) is 21.3 Å². The lowest BCUT2D eigenvalue weighted by Crippen LogP contribution is -2.54. The molecule has 5 N–H and O–H groups in total. The van der Waals surface area contributed by atoms with E-state index < -0.39 is 17.6 Å². The first kappa shape index (κ1) is 49.3. The van der Waals surface area contributed by atoms with Crippen LogP contribution in [0.3, 0.4) is 0 Å². The van der Waals surface area contributed by atoms with E-state index in [1.807, 2.05) is 108 Å². The van der Waals surface area contributed by atoms with E-state index in [1.165, 1.54) is 0 Å². The van der Waals surface area contributed by atoms with Crippen molar-refractivity contribution in [3.8, 4) is 17.2 Å². The van der Waals surface area contributed by atoms with Crippen molar-refractivity contribution < 1.29 is 19.0 Å². The standard InChI is InChI=1S/C61H61N11O4/c1-61(2,62)60(73)72(54(31-43-35-64-51-21-13-10-18-48(43)51)59-69-66-56(29-39-15-7-6-8-16-39)71(59)38-41-25-28-46(75-4)33-55(41)76-5)53(30-42-34-63-50-20-12-9-17-47(42)50)58-68-67-57(32-44-36-65-52-22-14-11-19-49(44)52)70(58)37-40-23-26-45(74-3)27-24-40/h6-28,33-36,53-54,63-65H,29-32,37-38,62H2,1-5H3/t53-,54-/m1/s1. The van der Waals surface area contributed by atoms with E-state index in [1.54, 1.807) is 35.2 Å². The number of hydrogen-bond donors (Lipinski definition) is 4. The number of aromatic amines is 3. The number of nitrogens with one attached hydrogen (secondary N) is 3. The van der Waals surface area contributed by atoms with Gasteiger partial charge < -0.3 is 48.9 Å². The summed E-state index contributed by atoms with van der Waals surface area (Å²) in [6, 6.07) is 47.2. The monoisotopic (exact) mass is 1010 g/mol. The fraction of sp³-hybridized carbons (Fsp3) is 0.230. The topological polar surface area (TPSA) is 183 Å². The summed E-state index contributed by atoms with van der Waals surface area (Å²) in [6.07, 6.45) is 7.71. The molecule has 0 saturated heterocycles. The van der Waals surface area contributed by atoms with E-state index >= 15 is 4.79 Å². The summed E-state index contributed by atoms with van der Waals surface area (Å²) in [7, 11) is 4.96. The van der Waals surface area contributed by atoms with Gasteiger partial charge in [0.05, 0.1) is 52.0 Å². The van der Waals surface area contributed by atoms with E-state index in [0.717, 1.165) is 77.7 Å². The van der Waals surface area contributed by atoms with Gasteiger partial charge in [0.1, 0.15) is 28.9 Å². The molecule has 0 radical (unpaired) electrons. The van der Waals surface area contributed by atoms with Gasteiger partial charge >= 0.3 is 0 Å². The molecule has 5 aromatic heterocycles. The third kappa shape index (κ3) is 9.92. The average molecular weight is 1010 g/mol. The van der Waals surface area contributed by atoms with E-state index in [4.69, 9.17) is 40.3 Å². The van der Waals surface area contributed by atoms with Crippen LogP contribution in [-0.2, 0) is 43.6 Å². The summed E-state index contributed by atoms with van der Waals surface area (Å²) in [5.74, 6) is 4.33. The number of aromatic nitrogens is 9. The third-order valence-corrected chi connectivity index (χ3v) is 14.5. The Bertz CT molecular complexity index is 3790. The zero-order chi connectivity index (χ0) is 52.3. The van der Waals surface area contributed by atoms with Crippen LogP contribution in [0.5, 0.6) is 17.2 Å². The molecule has 15 nitrogen and oxygen atoms in total. The Labute approximate surface area is 440 Å². The Morgan fingerprint density at radius 3 is 1.57 bits per heavy atom. The van der Waals surface area contributed by atoms with Gasteiger partial charge in [-0.3, -0.25) is 4.79 Å². The van der Waals surface area contributed by atoms with Gasteiger partial charge in [-0.15, -0.1) is 20.4 Å². The molecule has 0 fully saturated rings. The summed E-state index contributed by atoms with van der Waals surface area (Å²) >= 11 is 0. The highest BCUT2D eigenvalue weighted by molar-refractivity contribution is 5.88. The minimum atomic E-state index is -1.39. The molecule has 11 rings (SSSR count). The minimum Gasteiger partial charge on any atom is -0.497 e. The lowest BCUT2D eigenvalue weighted by molar-refractivity contribution is -0.142. The van der Waals surface area contributed by atoms with E-state index in [-0.39, 0.29) is 5.91 Å². The maximum absolute atomic E-state index is 16.3. The van der Waals surface area contributed by atoms with Gasteiger partial charge in [0.15, 0.2) is 11.6 Å². The summed E-state index contributed by atoms with van der Waals surface area (Å²) in [4.78, 5) is 28.7. The molecule has 0 bridgehead atoms. The maximum Gasteiger partial charge on any atom is 0.243 e. The Kier molecular flexibility index (Phi) is 13.7. The predicted molar refractivity (Wildman–Crippen MR) is 296 cm³/mol. The van der Waals surface area contributed by atoms with Crippen LogP contribution in [-0.4, -0.2) is 82.2 Å². The zero-order valence-corrected chi connectivity index (χ0v) is 43.3. The first-order valence-electron chi connectivity index (χ1n) is 25.5. The van der Waals surface area contributed by atoms with Gasteiger partial charge in [-0.05, 0) is 84.1 Å². The van der Waals surface area contributed by atoms with Gasteiger partial charge in [-0.25, -0.2) is 0 Å². The first-order chi connectivity index (χ1) is 37.1. The lowest BCUT2D eigenvalue weighted by Gasteiger charge is -2.41. The van der Waals surface area contributed by atoms with E-state index in [9.17, 15) is 0 Å². The second kappa shape index (κ2) is 21.1. The van der Waals surface area contributed by atoms with Crippen molar-refractivity contribution in [1.82, 2.24) is 49.4 Å². The largest absolute Gasteiger partial charge is 0.497 e. The molecule has 384 valence electrons. The second-order valence-corrected chi connectivity index (χ2v) is 19.9. The molecule has 15 heteroatoms. The van der Waals surface area contributed by atoms with Crippen molar-refractivity contribution in [3.05, 3.63) is 221 Å². The molecule has 11 aromatic rings. The number of carbonyl (C=O) groups is 1. The molecule has 0 saturated carbocycles. The van der Waals surface area contributed by atoms with Crippen molar-refractivity contribution in [3.63, 3.8) is 0 Å². The van der Waals surface area contributed by atoms with Crippen LogP contribution in [0.2, 0.25) is 0 Å². The van der Waals surface area contributed by atoms with Crippen LogP contribution in [0, 0.1) is 0 Å². The van der Waals surface area contributed by atoms with Crippen molar-refractivity contribution in [2.45, 2.75) is 70.2 Å². The summed E-state index contributed by atoms with van der Waals surface area (Å²) < 4.78 is 21.6. The number of para-hydroxylation sites is 3. The molecule has 6 aromatic carbocycles. The Morgan fingerprint density at radius 2 is 1.03 bits per heavy atom. The van der Waals surface area contributed by atoms with Crippen molar-refractivity contribution in [1.29, 1.82) is 0 Å². The summed E-state index contributed by atoms with van der Waals surface area (Å²) in [6.45, 7) is 4.24. The van der Waals surface area contributed by atoms with Gasteiger partial charge in [-0.1, -0.05) is 97.1 Å². The number of nitrogens with two attached hydrogens (primary N) is 1. The normalized spacial score (nSPS) is 12.6. The number of H-pyrrole nitrogens is 3. The lowest BCUT2D eigenvalue weighted by atomic mass is 9.93. The maximum atomic E-state index is 16.3. The van der Waals surface area contributed by atoms with E-state index in [0.29, 0.717) is 67.7 Å². The van der Waals surface area contributed by atoms with Crippen LogP contribution in [0.15, 0.2) is 164 Å². The van der Waals surface area contributed by atoms with Gasteiger partial charge in [0.2, 0.25) is 5.91 Å². The number of rotatable bonds is 20. The van der Waals surface area contributed by atoms with Crippen molar-refractivity contribution >= 4 is 38.6 Å². The number of ether oxygens (including phenoxy) is 3. The van der Waals surface area contributed by atoms with Crippen molar-refractivity contribution in [2.24, 2.45) is 5.73 Å². The van der Waals surface area contributed by atoms with Crippen LogP contribution >= 0.6 is 0 Å².